The van der Waals surface area contributed by atoms with Gasteiger partial charge in [-0.25, -0.2) is 13.6 Å². The molecule has 0 radical (unpaired) electrons. The number of nitrogens with two attached hydrogens (primary N) is 2. The number of hydrogen-bond donors (Lipinski definition) is 3. The van der Waals surface area contributed by atoms with Crippen molar-refractivity contribution in [3.63, 3.8) is 0 Å². The molecular formula is C14H21N3O4S. The number of nitrogens with one attached hydrogen (secondary N) is 1. The lowest BCUT2D eigenvalue weighted by Crippen LogP contribution is -2.44. The summed E-state index contributed by atoms with van der Waals surface area (Å²) >= 11 is 0. The second kappa shape index (κ2) is 6.74. The summed E-state index contributed by atoms with van der Waals surface area (Å²) in [4.78, 5) is 12.2. The minimum absolute atomic E-state index is 0.00932. The van der Waals surface area contributed by atoms with Gasteiger partial charge in [-0.15, -0.1) is 0 Å². The Morgan fingerprint density at radius 2 is 2.00 bits per heavy atom. The van der Waals surface area contributed by atoms with Gasteiger partial charge < -0.3 is 15.8 Å². The summed E-state index contributed by atoms with van der Waals surface area (Å²) in [6.07, 6.45) is 1.48. The van der Waals surface area contributed by atoms with Crippen molar-refractivity contribution >= 4 is 21.6 Å². The molecule has 8 heteroatoms. The van der Waals surface area contributed by atoms with Gasteiger partial charge in [0.15, 0.2) is 0 Å². The first-order valence-corrected chi connectivity index (χ1v) is 8.61. The lowest BCUT2D eigenvalue weighted by Gasteiger charge is -2.26. The maximum atomic E-state index is 12.2. The van der Waals surface area contributed by atoms with Crippen molar-refractivity contribution in [2.24, 2.45) is 16.8 Å². The Labute approximate surface area is 130 Å². The number of carbonyl (C=O) groups excluding carboxylic acids is 1. The number of anilines is 1. The molecule has 1 heterocycles. The van der Waals surface area contributed by atoms with E-state index in [2.05, 4.69) is 5.32 Å². The average Bonchev–Trinajstić information content (AvgIpc) is 2.48. The minimum Gasteiger partial charge on any atom is -0.381 e. The van der Waals surface area contributed by atoms with Crippen LogP contribution in [-0.4, -0.2) is 33.6 Å². The third-order valence-corrected chi connectivity index (χ3v) is 4.89. The number of rotatable bonds is 4. The maximum Gasteiger partial charge on any atom is 0.241 e. The number of hydrogen-bond acceptors (Lipinski definition) is 5. The van der Waals surface area contributed by atoms with E-state index in [1.807, 2.05) is 0 Å². The molecule has 122 valence electrons. The van der Waals surface area contributed by atoms with Gasteiger partial charge in [-0.2, -0.15) is 0 Å². The molecule has 1 amide bonds. The number of carbonyl (C=O) groups is 1. The molecule has 1 aliphatic rings. The zero-order valence-corrected chi connectivity index (χ0v) is 13.2. The van der Waals surface area contributed by atoms with Gasteiger partial charge in [0.25, 0.3) is 0 Å². The van der Waals surface area contributed by atoms with E-state index in [1.165, 1.54) is 6.07 Å². The summed E-state index contributed by atoms with van der Waals surface area (Å²) in [6, 6.07) is 3.91. The molecular weight excluding hydrogens is 306 g/mol. The van der Waals surface area contributed by atoms with Gasteiger partial charge in [0.2, 0.25) is 15.9 Å². The first-order chi connectivity index (χ1) is 10.3. The highest BCUT2D eigenvalue weighted by Crippen LogP contribution is 2.21. The van der Waals surface area contributed by atoms with E-state index < -0.39 is 16.1 Å². The van der Waals surface area contributed by atoms with Crippen LogP contribution >= 0.6 is 0 Å². The fourth-order valence-electron chi connectivity index (χ4n) is 2.50. The normalized spacial score (nSPS) is 18.0. The van der Waals surface area contributed by atoms with Crippen molar-refractivity contribution in [1.82, 2.24) is 0 Å². The molecule has 0 bridgehead atoms. The number of aryl methyl sites for hydroxylation is 1. The molecule has 2 rings (SSSR count). The smallest absolute Gasteiger partial charge is 0.241 e. The molecule has 1 atom stereocenters. The standard InChI is InChI=1S/C14H21N3O4S/c1-9-2-3-11(8-12(9)22(16,19)20)17-14(18)13(15)10-4-6-21-7-5-10/h2-3,8,10,13H,4-7,15H2,1H3,(H,17,18)(H2,16,19,20). The van der Waals surface area contributed by atoms with Crippen molar-refractivity contribution in [2.45, 2.75) is 30.7 Å². The highest BCUT2D eigenvalue weighted by Gasteiger charge is 2.26. The van der Waals surface area contributed by atoms with E-state index in [1.54, 1.807) is 19.1 Å². The number of sulfonamides is 1. The number of primary sulfonamides is 1. The Balaban J connectivity index is 2.11. The van der Waals surface area contributed by atoms with Gasteiger partial charge in [0.05, 0.1) is 10.9 Å². The largest absolute Gasteiger partial charge is 0.381 e. The van der Waals surface area contributed by atoms with E-state index in [-0.39, 0.29) is 16.7 Å². The van der Waals surface area contributed by atoms with Gasteiger partial charge in [0.1, 0.15) is 0 Å². The van der Waals surface area contributed by atoms with E-state index in [9.17, 15) is 13.2 Å². The molecule has 1 aromatic rings. The first kappa shape index (κ1) is 16.9. The quantitative estimate of drug-likeness (QED) is 0.735. The van der Waals surface area contributed by atoms with Gasteiger partial charge in [0, 0.05) is 18.9 Å². The molecule has 7 nitrogen and oxygen atoms in total. The molecule has 5 N–H and O–H groups in total. The Hall–Kier alpha value is -1.48. The molecule has 0 spiro atoms. The van der Waals surface area contributed by atoms with E-state index in [0.717, 1.165) is 12.8 Å². The highest BCUT2D eigenvalue weighted by molar-refractivity contribution is 7.89. The topological polar surface area (TPSA) is 125 Å². The monoisotopic (exact) mass is 327 g/mol. The van der Waals surface area contributed by atoms with Gasteiger partial charge in [-0.05, 0) is 43.4 Å². The molecule has 1 saturated heterocycles. The van der Waals surface area contributed by atoms with Crippen LogP contribution in [-0.2, 0) is 19.6 Å². The second-order valence-corrected chi connectivity index (χ2v) is 7.02. The lowest BCUT2D eigenvalue weighted by molar-refractivity contribution is -0.119. The number of ether oxygens (including phenoxy) is 1. The number of amides is 1. The third-order valence-electron chi connectivity index (χ3n) is 3.84. The summed E-state index contributed by atoms with van der Waals surface area (Å²) in [5.41, 5.74) is 6.87. The Kier molecular flexibility index (Phi) is 5.17. The fraction of sp³-hybridized carbons (Fsp3) is 0.500. The summed E-state index contributed by atoms with van der Waals surface area (Å²) in [5, 5.41) is 7.81. The molecule has 1 aliphatic heterocycles. The molecule has 0 aromatic heterocycles. The molecule has 1 fully saturated rings. The Bertz CT molecular complexity index is 654. The van der Waals surface area contributed by atoms with Crippen LogP contribution < -0.4 is 16.2 Å². The van der Waals surface area contributed by atoms with E-state index in [0.29, 0.717) is 24.5 Å². The predicted octanol–water partition coefficient (Wildman–Crippen LogP) is 0.335. The SMILES string of the molecule is Cc1ccc(NC(=O)C(N)C2CCOCC2)cc1S(N)(=O)=O. The number of benzene rings is 1. The molecule has 0 aliphatic carbocycles. The average molecular weight is 327 g/mol. The van der Waals surface area contributed by atoms with Crippen molar-refractivity contribution in [2.75, 3.05) is 18.5 Å². The molecule has 1 unspecified atom stereocenters. The molecule has 22 heavy (non-hydrogen) atoms. The second-order valence-electron chi connectivity index (χ2n) is 5.49. The van der Waals surface area contributed by atoms with Crippen molar-refractivity contribution in [3.8, 4) is 0 Å². The minimum atomic E-state index is -3.83. The van der Waals surface area contributed by atoms with Gasteiger partial charge >= 0.3 is 0 Å². The van der Waals surface area contributed by atoms with Crippen LogP contribution in [0.2, 0.25) is 0 Å². The van der Waals surface area contributed by atoms with Crippen LogP contribution in [0.4, 0.5) is 5.69 Å². The summed E-state index contributed by atoms with van der Waals surface area (Å²) in [7, 11) is -3.83. The van der Waals surface area contributed by atoms with Crippen LogP contribution in [0.5, 0.6) is 0 Å². The lowest BCUT2D eigenvalue weighted by atomic mass is 9.92. The van der Waals surface area contributed by atoms with Crippen LogP contribution in [0.1, 0.15) is 18.4 Å². The predicted molar refractivity (Wildman–Crippen MR) is 82.7 cm³/mol. The van der Waals surface area contributed by atoms with Crippen molar-refractivity contribution < 1.29 is 17.9 Å². The highest BCUT2D eigenvalue weighted by atomic mass is 32.2. The van der Waals surface area contributed by atoms with Crippen molar-refractivity contribution in [3.05, 3.63) is 23.8 Å². The van der Waals surface area contributed by atoms with Gasteiger partial charge in [-0.1, -0.05) is 6.07 Å². The van der Waals surface area contributed by atoms with Crippen LogP contribution in [0, 0.1) is 12.8 Å². The zero-order valence-electron chi connectivity index (χ0n) is 12.4. The van der Waals surface area contributed by atoms with E-state index >= 15 is 0 Å². The zero-order chi connectivity index (χ0) is 16.3. The van der Waals surface area contributed by atoms with Crippen LogP contribution in [0.15, 0.2) is 23.1 Å². The molecule has 1 aromatic carbocycles. The third kappa shape index (κ3) is 4.04. The van der Waals surface area contributed by atoms with Gasteiger partial charge in [-0.3, -0.25) is 4.79 Å². The van der Waals surface area contributed by atoms with Crippen molar-refractivity contribution in [1.29, 1.82) is 0 Å². The summed E-state index contributed by atoms with van der Waals surface area (Å²) in [5.74, 6) is -0.270. The Morgan fingerprint density at radius 3 is 2.59 bits per heavy atom. The molecule has 0 saturated carbocycles. The van der Waals surface area contributed by atoms with Crippen LogP contribution in [0.25, 0.3) is 0 Å². The van der Waals surface area contributed by atoms with Crippen LogP contribution in [0.3, 0.4) is 0 Å². The summed E-state index contributed by atoms with van der Waals surface area (Å²) < 4.78 is 28.2. The Morgan fingerprint density at radius 1 is 1.36 bits per heavy atom. The first-order valence-electron chi connectivity index (χ1n) is 7.06. The fourth-order valence-corrected chi connectivity index (χ4v) is 3.31. The van der Waals surface area contributed by atoms with E-state index in [4.69, 9.17) is 15.6 Å². The maximum absolute atomic E-state index is 12.2. The summed E-state index contributed by atoms with van der Waals surface area (Å²) in [6.45, 7) is 2.84.